The van der Waals surface area contributed by atoms with E-state index < -0.39 is 0 Å². The van der Waals surface area contributed by atoms with Gasteiger partial charge < -0.3 is 0 Å². The van der Waals surface area contributed by atoms with Gasteiger partial charge in [-0.1, -0.05) is 13.3 Å². The van der Waals surface area contributed by atoms with Crippen LogP contribution in [-0.2, 0) is 0 Å². The molecule has 1 fully saturated rings. The summed E-state index contributed by atoms with van der Waals surface area (Å²) in [5, 5.41) is 0. The standard InChI is InChI=1S/C10H12Br2N2/c1-6-3-2-4-7(6)10-13-8(11)5-9(12)14-10/h5-7H,2-4H2,1H3. The van der Waals surface area contributed by atoms with Gasteiger partial charge in [-0.05, 0) is 50.6 Å². The van der Waals surface area contributed by atoms with Crippen LogP contribution in [0.2, 0.25) is 0 Å². The first-order valence-corrected chi connectivity index (χ1v) is 6.45. The summed E-state index contributed by atoms with van der Waals surface area (Å²) in [6, 6.07) is 1.88. The van der Waals surface area contributed by atoms with E-state index in [0.29, 0.717) is 5.92 Å². The van der Waals surface area contributed by atoms with Gasteiger partial charge in [0.05, 0.1) is 0 Å². The van der Waals surface area contributed by atoms with Crippen molar-refractivity contribution < 1.29 is 0 Å². The Labute approximate surface area is 101 Å². The lowest BCUT2D eigenvalue weighted by atomic mass is 9.97. The molecule has 1 heterocycles. The van der Waals surface area contributed by atoms with E-state index in [4.69, 9.17) is 0 Å². The summed E-state index contributed by atoms with van der Waals surface area (Å²) in [5.74, 6) is 2.25. The van der Waals surface area contributed by atoms with E-state index in [0.717, 1.165) is 20.9 Å². The minimum Gasteiger partial charge on any atom is -0.226 e. The molecule has 2 unspecified atom stereocenters. The summed E-state index contributed by atoms with van der Waals surface area (Å²) in [4.78, 5) is 8.88. The van der Waals surface area contributed by atoms with Crippen molar-refractivity contribution in [3.63, 3.8) is 0 Å². The predicted octanol–water partition coefficient (Wildman–Crippen LogP) is 3.91. The van der Waals surface area contributed by atoms with E-state index in [1.54, 1.807) is 0 Å². The molecule has 0 saturated heterocycles. The van der Waals surface area contributed by atoms with Crippen molar-refractivity contribution in [3.05, 3.63) is 21.1 Å². The molecule has 4 heteroatoms. The molecule has 1 aromatic heterocycles. The third kappa shape index (κ3) is 2.16. The number of hydrogen-bond donors (Lipinski definition) is 0. The molecule has 0 aromatic carbocycles. The van der Waals surface area contributed by atoms with Gasteiger partial charge in [-0.2, -0.15) is 0 Å². The quantitative estimate of drug-likeness (QED) is 0.733. The average molecular weight is 320 g/mol. The first-order chi connectivity index (χ1) is 6.66. The van der Waals surface area contributed by atoms with Crippen LogP contribution in [0.4, 0.5) is 0 Å². The largest absolute Gasteiger partial charge is 0.226 e. The highest BCUT2D eigenvalue weighted by Gasteiger charge is 2.27. The molecular formula is C10H12Br2N2. The van der Waals surface area contributed by atoms with Crippen molar-refractivity contribution >= 4 is 31.9 Å². The van der Waals surface area contributed by atoms with Gasteiger partial charge in [-0.15, -0.1) is 0 Å². The Morgan fingerprint density at radius 2 is 1.86 bits per heavy atom. The molecule has 1 aromatic rings. The molecule has 0 amide bonds. The lowest BCUT2D eigenvalue weighted by Gasteiger charge is -2.13. The van der Waals surface area contributed by atoms with E-state index >= 15 is 0 Å². The predicted molar refractivity (Wildman–Crippen MR) is 63.2 cm³/mol. The zero-order valence-electron chi connectivity index (χ0n) is 8.00. The monoisotopic (exact) mass is 318 g/mol. The molecule has 14 heavy (non-hydrogen) atoms. The van der Waals surface area contributed by atoms with E-state index in [1.165, 1.54) is 19.3 Å². The minimum absolute atomic E-state index is 0.545. The highest BCUT2D eigenvalue weighted by molar-refractivity contribution is 9.11. The maximum atomic E-state index is 4.44. The third-order valence-corrected chi connectivity index (χ3v) is 3.69. The number of hydrogen-bond acceptors (Lipinski definition) is 2. The second-order valence-electron chi connectivity index (χ2n) is 3.89. The summed E-state index contributed by atoms with van der Waals surface area (Å²) < 4.78 is 1.74. The molecular weight excluding hydrogens is 308 g/mol. The average Bonchev–Trinajstić information content (AvgIpc) is 2.49. The lowest BCUT2D eigenvalue weighted by molar-refractivity contribution is 0.507. The smallest absolute Gasteiger partial charge is 0.134 e. The SMILES string of the molecule is CC1CCCC1c1nc(Br)cc(Br)n1. The zero-order chi connectivity index (χ0) is 10.1. The highest BCUT2D eigenvalue weighted by Crippen LogP contribution is 2.38. The Morgan fingerprint density at radius 1 is 1.21 bits per heavy atom. The fourth-order valence-corrected chi connectivity index (χ4v) is 3.21. The molecule has 1 aliphatic carbocycles. The first-order valence-electron chi connectivity index (χ1n) is 4.87. The summed E-state index contributed by atoms with van der Waals surface area (Å²) in [7, 11) is 0. The van der Waals surface area contributed by atoms with Gasteiger partial charge >= 0.3 is 0 Å². The maximum absolute atomic E-state index is 4.44. The molecule has 0 bridgehead atoms. The van der Waals surface area contributed by atoms with Crippen LogP contribution < -0.4 is 0 Å². The normalized spacial score (nSPS) is 26.8. The van der Waals surface area contributed by atoms with Crippen molar-refractivity contribution in [1.82, 2.24) is 9.97 Å². The Morgan fingerprint density at radius 3 is 2.36 bits per heavy atom. The summed E-state index contributed by atoms with van der Waals surface area (Å²) in [6.45, 7) is 2.29. The van der Waals surface area contributed by atoms with E-state index in [-0.39, 0.29) is 0 Å². The molecule has 2 rings (SSSR count). The molecule has 1 saturated carbocycles. The Kier molecular flexibility index (Phi) is 3.22. The Bertz CT molecular complexity index is 321. The molecule has 76 valence electrons. The van der Waals surface area contributed by atoms with Crippen LogP contribution in [0.15, 0.2) is 15.3 Å². The molecule has 0 spiro atoms. The van der Waals surface area contributed by atoms with Gasteiger partial charge in [0.1, 0.15) is 15.0 Å². The molecule has 2 nitrogen and oxygen atoms in total. The fourth-order valence-electron chi connectivity index (χ4n) is 2.10. The summed E-state index contributed by atoms with van der Waals surface area (Å²) in [6.07, 6.45) is 3.83. The van der Waals surface area contributed by atoms with Crippen LogP contribution in [0.25, 0.3) is 0 Å². The van der Waals surface area contributed by atoms with E-state index in [1.807, 2.05) is 6.07 Å². The Balaban J connectivity index is 2.31. The van der Waals surface area contributed by atoms with Gasteiger partial charge in [0.15, 0.2) is 0 Å². The van der Waals surface area contributed by atoms with Crippen molar-refractivity contribution in [2.24, 2.45) is 5.92 Å². The van der Waals surface area contributed by atoms with Crippen LogP contribution >= 0.6 is 31.9 Å². The van der Waals surface area contributed by atoms with E-state index in [2.05, 4.69) is 48.8 Å². The van der Waals surface area contributed by atoms with Crippen molar-refractivity contribution in [3.8, 4) is 0 Å². The molecule has 0 N–H and O–H groups in total. The molecule has 0 radical (unpaired) electrons. The van der Waals surface area contributed by atoms with Crippen LogP contribution in [-0.4, -0.2) is 9.97 Å². The van der Waals surface area contributed by atoms with Crippen molar-refractivity contribution in [2.75, 3.05) is 0 Å². The zero-order valence-corrected chi connectivity index (χ0v) is 11.2. The fraction of sp³-hybridized carbons (Fsp3) is 0.600. The summed E-state index contributed by atoms with van der Waals surface area (Å²) >= 11 is 6.80. The second-order valence-corrected chi connectivity index (χ2v) is 5.51. The van der Waals surface area contributed by atoms with Crippen LogP contribution in [0.5, 0.6) is 0 Å². The Hall–Kier alpha value is 0.0400. The molecule has 0 aliphatic heterocycles. The van der Waals surface area contributed by atoms with Crippen LogP contribution in [0.1, 0.15) is 37.9 Å². The number of halogens is 2. The number of aromatic nitrogens is 2. The van der Waals surface area contributed by atoms with Crippen LogP contribution in [0, 0.1) is 5.92 Å². The number of rotatable bonds is 1. The third-order valence-electron chi connectivity index (χ3n) is 2.87. The van der Waals surface area contributed by atoms with Gasteiger partial charge in [0.2, 0.25) is 0 Å². The van der Waals surface area contributed by atoms with Gasteiger partial charge in [0.25, 0.3) is 0 Å². The van der Waals surface area contributed by atoms with Crippen LogP contribution in [0.3, 0.4) is 0 Å². The lowest BCUT2D eigenvalue weighted by Crippen LogP contribution is -2.07. The summed E-state index contributed by atoms with van der Waals surface area (Å²) in [5.41, 5.74) is 0. The molecule has 2 atom stereocenters. The topological polar surface area (TPSA) is 25.8 Å². The first kappa shape index (κ1) is 10.6. The van der Waals surface area contributed by atoms with Gasteiger partial charge in [0, 0.05) is 12.0 Å². The second kappa shape index (κ2) is 4.27. The van der Waals surface area contributed by atoms with Gasteiger partial charge in [-0.3, -0.25) is 0 Å². The minimum atomic E-state index is 0.545. The highest BCUT2D eigenvalue weighted by atomic mass is 79.9. The van der Waals surface area contributed by atoms with Crippen molar-refractivity contribution in [2.45, 2.75) is 32.1 Å². The van der Waals surface area contributed by atoms with E-state index in [9.17, 15) is 0 Å². The number of nitrogens with zero attached hydrogens (tertiary/aromatic N) is 2. The van der Waals surface area contributed by atoms with Crippen molar-refractivity contribution in [1.29, 1.82) is 0 Å². The van der Waals surface area contributed by atoms with Gasteiger partial charge in [-0.25, -0.2) is 9.97 Å². The maximum Gasteiger partial charge on any atom is 0.134 e. The molecule has 1 aliphatic rings.